The van der Waals surface area contributed by atoms with E-state index in [-0.39, 0.29) is 28.3 Å². The van der Waals surface area contributed by atoms with E-state index in [4.69, 9.17) is 10.8 Å². The number of nitrogens with one attached hydrogen (secondary N) is 1. The van der Waals surface area contributed by atoms with Crippen molar-refractivity contribution in [2.24, 2.45) is 0 Å². The minimum absolute atomic E-state index is 0.0255. The van der Waals surface area contributed by atoms with Crippen LogP contribution >= 0.6 is 15.9 Å². The van der Waals surface area contributed by atoms with Gasteiger partial charge in [0, 0.05) is 10.2 Å². The third kappa shape index (κ3) is 3.32. The molecule has 0 aliphatic rings. The number of carboxylic acid groups (broad SMARTS) is 1. The predicted molar refractivity (Wildman–Crippen MR) is 81.6 cm³/mol. The van der Waals surface area contributed by atoms with Crippen molar-refractivity contribution in [2.75, 3.05) is 11.1 Å². The molecule has 0 spiro atoms. The van der Waals surface area contributed by atoms with Crippen molar-refractivity contribution in [3.05, 3.63) is 52.0 Å². The smallest absolute Gasteiger partial charge is 0.337 e. The fraction of sp³-hybridized carbons (Fsp3) is 0. The SMILES string of the molecule is Nc1ccc(NC(=O)c2cc(Br)ccc2O)c(C(=O)O)c1. The van der Waals surface area contributed by atoms with Crippen LogP contribution in [0.15, 0.2) is 40.9 Å². The number of carbonyl (C=O) groups excluding carboxylic acids is 1. The summed E-state index contributed by atoms with van der Waals surface area (Å²) in [6.07, 6.45) is 0. The van der Waals surface area contributed by atoms with Crippen LogP contribution in [0.25, 0.3) is 0 Å². The maximum absolute atomic E-state index is 12.1. The highest BCUT2D eigenvalue weighted by Gasteiger charge is 2.16. The first-order valence-electron chi connectivity index (χ1n) is 5.81. The van der Waals surface area contributed by atoms with Crippen LogP contribution in [-0.4, -0.2) is 22.1 Å². The predicted octanol–water partition coefficient (Wildman–Crippen LogP) is 2.69. The molecule has 0 aromatic heterocycles. The lowest BCUT2D eigenvalue weighted by Crippen LogP contribution is -2.15. The van der Waals surface area contributed by atoms with E-state index in [1.807, 2.05) is 0 Å². The highest BCUT2D eigenvalue weighted by atomic mass is 79.9. The third-order valence-electron chi connectivity index (χ3n) is 2.73. The number of phenolic OH excluding ortho intramolecular Hbond substituents is 1. The van der Waals surface area contributed by atoms with E-state index >= 15 is 0 Å². The number of rotatable bonds is 3. The van der Waals surface area contributed by atoms with Gasteiger partial charge in [-0.3, -0.25) is 4.79 Å². The molecule has 21 heavy (non-hydrogen) atoms. The van der Waals surface area contributed by atoms with Gasteiger partial charge in [-0.25, -0.2) is 4.79 Å². The van der Waals surface area contributed by atoms with Crippen molar-refractivity contribution in [1.82, 2.24) is 0 Å². The number of amides is 1. The van der Waals surface area contributed by atoms with E-state index < -0.39 is 11.9 Å². The first kappa shape index (κ1) is 14.9. The van der Waals surface area contributed by atoms with Gasteiger partial charge >= 0.3 is 5.97 Å². The lowest BCUT2D eigenvalue weighted by molar-refractivity contribution is 0.0698. The van der Waals surface area contributed by atoms with Crippen molar-refractivity contribution >= 4 is 39.2 Å². The van der Waals surface area contributed by atoms with Crippen LogP contribution < -0.4 is 11.1 Å². The van der Waals surface area contributed by atoms with Crippen LogP contribution in [0.4, 0.5) is 11.4 Å². The summed E-state index contributed by atoms with van der Waals surface area (Å²) in [5.74, 6) is -2.04. The average Bonchev–Trinajstić information content (AvgIpc) is 2.43. The van der Waals surface area contributed by atoms with Gasteiger partial charge in [0.05, 0.1) is 16.8 Å². The standard InChI is InChI=1S/C14H11BrN2O4/c15-7-1-4-12(18)10(5-7)13(19)17-11-3-2-8(16)6-9(11)14(20)21/h1-6,18H,16H2,(H,17,19)(H,20,21). The Morgan fingerprint density at radius 3 is 2.48 bits per heavy atom. The molecule has 0 aliphatic carbocycles. The molecule has 6 nitrogen and oxygen atoms in total. The molecule has 0 radical (unpaired) electrons. The zero-order valence-electron chi connectivity index (χ0n) is 10.6. The number of carboxylic acids is 1. The second-order valence-electron chi connectivity index (χ2n) is 4.23. The van der Waals surface area contributed by atoms with Gasteiger partial charge in [-0.15, -0.1) is 0 Å². The number of aromatic carboxylic acids is 1. The molecular formula is C14H11BrN2O4. The fourth-order valence-corrected chi connectivity index (χ4v) is 2.09. The summed E-state index contributed by atoms with van der Waals surface area (Å²) in [6, 6.07) is 8.49. The van der Waals surface area contributed by atoms with E-state index in [1.54, 1.807) is 6.07 Å². The summed E-state index contributed by atoms with van der Waals surface area (Å²) in [5, 5.41) is 21.2. The minimum Gasteiger partial charge on any atom is -0.507 e. The highest BCUT2D eigenvalue weighted by molar-refractivity contribution is 9.10. The lowest BCUT2D eigenvalue weighted by Gasteiger charge is -2.10. The van der Waals surface area contributed by atoms with Crippen LogP contribution in [0.3, 0.4) is 0 Å². The summed E-state index contributed by atoms with van der Waals surface area (Å²) in [4.78, 5) is 23.3. The van der Waals surface area contributed by atoms with Crippen LogP contribution in [0, 0.1) is 0 Å². The molecule has 0 bridgehead atoms. The lowest BCUT2D eigenvalue weighted by atomic mass is 10.1. The van der Waals surface area contributed by atoms with Crippen LogP contribution in [0.5, 0.6) is 5.75 Å². The number of nitrogens with two attached hydrogens (primary N) is 1. The molecule has 1 amide bonds. The Kier molecular flexibility index (Phi) is 4.13. The second kappa shape index (κ2) is 5.84. The molecule has 2 rings (SSSR count). The van der Waals surface area contributed by atoms with Crippen molar-refractivity contribution in [3.8, 4) is 5.75 Å². The van der Waals surface area contributed by atoms with E-state index in [9.17, 15) is 14.7 Å². The Morgan fingerprint density at radius 2 is 1.81 bits per heavy atom. The quantitative estimate of drug-likeness (QED) is 0.635. The Labute approximate surface area is 128 Å². The molecule has 0 saturated heterocycles. The van der Waals surface area contributed by atoms with Crippen LogP contribution in [-0.2, 0) is 0 Å². The van der Waals surface area contributed by atoms with E-state index in [0.29, 0.717) is 4.47 Å². The molecule has 0 heterocycles. The molecule has 7 heteroatoms. The number of nitrogen functional groups attached to an aromatic ring is 1. The molecule has 0 aliphatic heterocycles. The van der Waals surface area contributed by atoms with Crippen molar-refractivity contribution in [2.45, 2.75) is 0 Å². The number of hydrogen-bond acceptors (Lipinski definition) is 4. The van der Waals surface area contributed by atoms with Gasteiger partial charge in [-0.05, 0) is 36.4 Å². The minimum atomic E-state index is -1.21. The number of carbonyl (C=O) groups is 2. The van der Waals surface area contributed by atoms with E-state index in [1.165, 1.54) is 30.3 Å². The van der Waals surface area contributed by atoms with Gasteiger partial charge in [-0.2, -0.15) is 0 Å². The molecule has 0 fully saturated rings. The van der Waals surface area contributed by atoms with Crippen LogP contribution in [0.2, 0.25) is 0 Å². The van der Waals surface area contributed by atoms with Gasteiger partial charge in [0.1, 0.15) is 5.75 Å². The van der Waals surface area contributed by atoms with E-state index in [2.05, 4.69) is 21.2 Å². The largest absolute Gasteiger partial charge is 0.507 e. The molecule has 2 aromatic rings. The number of halogens is 1. The molecule has 108 valence electrons. The Bertz CT molecular complexity index is 731. The molecule has 2 aromatic carbocycles. The Morgan fingerprint density at radius 1 is 1.10 bits per heavy atom. The molecule has 5 N–H and O–H groups in total. The zero-order chi connectivity index (χ0) is 15.6. The Hall–Kier alpha value is -2.54. The van der Waals surface area contributed by atoms with Crippen LogP contribution in [0.1, 0.15) is 20.7 Å². The molecule has 0 saturated carbocycles. The number of hydrogen-bond donors (Lipinski definition) is 4. The van der Waals surface area contributed by atoms with Crippen molar-refractivity contribution in [3.63, 3.8) is 0 Å². The first-order valence-corrected chi connectivity index (χ1v) is 6.60. The maximum atomic E-state index is 12.1. The second-order valence-corrected chi connectivity index (χ2v) is 5.14. The monoisotopic (exact) mass is 350 g/mol. The van der Waals surface area contributed by atoms with Crippen molar-refractivity contribution < 1.29 is 19.8 Å². The van der Waals surface area contributed by atoms with Gasteiger partial charge < -0.3 is 21.3 Å². The zero-order valence-corrected chi connectivity index (χ0v) is 12.2. The van der Waals surface area contributed by atoms with Gasteiger partial charge in [0.15, 0.2) is 0 Å². The molecule has 0 atom stereocenters. The highest BCUT2D eigenvalue weighted by Crippen LogP contribution is 2.24. The van der Waals surface area contributed by atoms with Gasteiger partial charge in [0.25, 0.3) is 5.91 Å². The number of benzene rings is 2. The third-order valence-corrected chi connectivity index (χ3v) is 3.22. The Balaban J connectivity index is 2.36. The number of phenols is 1. The normalized spacial score (nSPS) is 10.1. The fourth-order valence-electron chi connectivity index (χ4n) is 1.73. The summed E-state index contributed by atoms with van der Waals surface area (Å²) in [5.41, 5.74) is 5.80. The topological polar surface area (TPSA) is 113 Å². The molecular weight excluding hydrogens is 340 g/mol. The van der Waals surface area contributed by atoms with Crippen molar-refractivity contribution in [1.29, 1.82) is 0 Å². The molecule has 0 unspecified atom stereocenters. The summed E-state index contributed by atoms with van der Waals surface area (Å²) < 4.78 is 0.612. The number of aromatic hydroxyl groups is 1. The summed E-state index contributed by atoms with van der Waals surface area (Å²) in [7, 11) is 0. The van der Waals surface area contributed by atoms with Gasteiger partial charge in [-0.1, -0.05) is 15.9 Å². The summed E-state index contributed by atoms with van der Waals surface area (Å²) >= 11 is 3.20. The first-order chi connectivity index (χ1) is 9.88. The average molecular weight is 351 g/mol. The van der Waals surface area contributed by atoms with E-state index in [0.717, 1.165) is 0 Å². The summed E-state index contributed by atoms with van der Waals surface area (Å²) in [6.45, 7) is 0. The maximum Gasteiger partial charge on any atom is 0.337 e. The number of anilines is 2. The van der Waals surface area contributed by atoms with Gasteiger partial charge in [0.2, 0.25) is 0 Å².